The minimum absolute atomic E-state index is 0.0151. The topological polar surface area (TPSA) is 71.5 Å². The number of carbonyl (C=O) groups is 1. The molecule has 0 atom stereocenters. The van der Waals surface area contributed by atoms with Gasteiger partial charge < -0.3 is 15.2 Å². The van der Waals surface area contributed by atoms with Crippen LogP contribution in [-0.4, -0.2) is 29.2 Å². The Morgan fingerprint density at radius 1 is 1.03 bits per heavy atom. The van der Waals surface area contributed by atoms with Crippen molar-refractivity contribution in [1.82, 2.24) is 4.98 Å². The highest BCUT2D eigenvalue weighted by Gasteiger charge is 2.19. The molecule has 0 fully saturated rings. The lowest BCUT2D eigenvalue weighted by Crippen LogP contribution is -2.08. The summed E-state index contributed by atoms with van der Waals surface area (Å²) >= 11 is 0. The third-order valence-electron chi connectivity index (χ3n) is 5.11. The maximum atomic E-state index is 11.5. The highest BCUT2D eigenvalue weighted by Crippen LogP contribution is 2.36. The maximum Gasteiger partial charge on any atom is 0.307 e. The monoisotopic (exact) mass is 400 g/mol. The van der Waals surface area contributed by atoms with Gasteiger partial charge in [-0.1, -0.05) is 42.5 Å². The van der Waals surface area contributed by atoms with Crippen molar-refractivity contribution in [2.24, 2.45) is 0 Å². The van der Waals surface area contributed by atoms with Crippen molar-refractivity contribution in [3.8, 4) is 5.75 Å². The molecule has 5 heteroatoms. The normalized spacial score (nSPS) is 12.2. The van der Waals surface area contributed by atoms with E-state index < -0.39 is 5.97 Å². The Bertz CT molecular complexity index is 1060. The van der Waals surface area contributed by atoms with Crippen LogP contribution in [0.2, 0.25) is 0 Å². The second kappa shape index (κ2) is 9.27. The van der Waals surface area contributed by atoms with Crippen LogP contribution in [0.5, 0.6) is 5.75 Å². The quantitative estimate of drug-likeness (QED) is 0.527. The molecule has 1 aliphatic carbocycles. The molecule has 0 saturated heterocycles. The molecule has 0 spiro atoms. The molecule has 1 heterocycles. The number of carboxylic acid groups (broad SMARTS) is 1. The number of hydrogen-bond acceptors (Lipinski definition) is 4. The number of aromatic nitrogens is 1. The molecular formula is C25H24N2O3. The van der Waals surface area contributed by atoms with Crippen LogP contribution in [0.4, 0.5) is 5.82 Å². The van der Waals surface area contributed by atoms with Crippen molar-refractivity contribution >= 4 is 23.4 Å². The standard InChI is InChI=1S/C25H24N2O3/c28-25(29)17-20-16-22-19(15-18-7-1-2-9-21(18)20)8-5-10-23(22)30-14-6-13-27-24-11-3-4-12-26-24/h1-5,7-12,16H,6,13-15,17H2,(H,26,27)(H,28,29). The summed E-state index contributed by atoms with van der Waals surface area (Å²) in [4.78, 5) is 15.7. The molecule has 0 saturated carbocycles. The number of carboxylic acids is 1. The predicted octanol–water partition coefficient (Wildman–Crippen LogP) is 4.88. The first-order chi connectivity index (χ1) is 14.7. The summed E-state index contributed by atoms with van der Waals surface area (Å²) in [5.41, 5.74) is 5.07. The Morgan fingerprint density at radius 2 is 1.87 bits per heavy atom. The first kappa shape index (κ1) is 19.7. The predicted molar refractivity (Wildman–Crippen MR) is 119 cm³/mol. The van der Waals surface area contributed by atoms with Gasteiger partial charge in [0.05, 0.1) is 13.0 Å². The van der Waals surface area contributed by atoms with Crippen molar-refractivity contribution < 1.29 is 14.6 Å². The Morgan fingerprint density at radius 3 is 2.70 bits per heavy atom. The van der Waals surface area contributed by atoms with Crippen LogP contribution in [0.1, 0.15) is 35.1 Å². The van der Waals surface area contributed by atoms with E-state index in [-0.39, 0.29) is 6.42 Å². The molecule has 2 aromatic carbocycles. The minimum Gasteiger partial charge on any atom is -0.493 e. The Labute approximate surface area is 176 Å². The van der Waals surface area contributed by atoms with E-state index in [1.807, 2.05) is 54.6 Å². The highest BCUT2D eigenvalue weighted by molar-refractivity contribution is 5.94. The second-order valence-electron chi connectivity index (χ2n) is 7.25. The molecule has 5 nitrogen and oxygen atoms in total. The lowest BCUT2D eigenvalue weighted by molar-refractivity contribution is -0.135. The van der Waals surface area contributed by atoms with E-state index in [1.54, 1.807) is 6.20 Å². The van der Waals surface area contributed by atoms with Crippen molar-refractivity contribution in [3.05, 3.63) is 89.1 Å². The molecule has 1 aliphatic rings. The van der Waals surface area contributed by atoms with Crippen molar-refractivity contribution in [2.75, 3.05) is 18.5 Å². The first-order valence-corrected chi connectivity index (χ1v) is 10.1. The Balaban J connectivity index is 1.50. The van der Waals surface area contributed by atoms with Crippen molar-refractivity contribution in [3.63, 3.8) is 0 Å². The minimum atomic E-state index is -0.835. The molecule has 0 bridgehead atoms. The van der Waals surface area contributed by atoms with E-state index >= 15 is 0 Å². The van der Waals surface area contributed by atoms with Crippen LogP contribution >= 0.6 is 0 Å². The summed E-state index contributed by atoms with van der Waals surface area (Å²) in [6.45, 7) is 1.32. The molecule has 3 aromatic rings. The number of aliphatic carboxylic acids is 1. The van der Waals surface area contributed by atoms with Crippen LogP contribution in [0.3, 0.4) is 0 Å². The molecule has 0 amide bonds. The summed E-state index contributed by atoms with van der Waals surface area (Å²) in [6, 6.07) is 19.8. The van der Waals surface area contributed by atoms with E-state index in [0.29, 0.717) is 6.61 Å². The fraction of sp³-hybridized carbons (Fsp3) is 0.200. The lowest BCUT2D eigenvalue weighted by Gasteiger charge is -2.13. The number of ether oxygens (including phenoxy) is 1. The van der Waals surface area contributed by atoms with E-state index in [9.17, 15) is 9.90 Å². The number of hydrogen-bond donors (Lipinski definition) is 2. The maximum absolute atomic E-state index is 11.5. The van der Waals surface area contributed by atoms with Crippen LogP contribution in [0.15, 0.2) is 66.9 Å². The van der Waals surface area contributed by atoms with Gasteiger partial charge in [0.1, 0.15) is 11.6 Å². The average molecular weight is 400 g/mol. The van der Waals surface area contributed by atoms with Gasteiger partial charge in [-0.25, -0.2) is 4.98 Å². The van der Waals surface area contributed by atoms with Crippen LogP contribution in [-0.2, 0) is 11.2 Å². The van der Waals surface area contributed by atoms with Gasteiger partial charge in [0.2, 0.25) is 0 Å². The number of nitrogens with zero attached hydrogens (tertiary/aromatic N) is 1. The fourth-order valence-electron chi connectivity index (χ4n) is 3.73. The first-order valence-electron chi connectivity index (χ1n) is 10.1. The summed E-state index contributed by atoms with van der Waals surface area (Å²) in [7, 11) is 0. The number of rotatable bonds is 8. The van der Waals surface area contributed by atoms with Gasteiger partial charge in [0.15, 0.2) is 0 Å². The van der Waals surface area contributed by atoms with Crippen LogP contribution < -0.4 is 10.1 Å². The summed E-state index contributed by atoms with van der Waals surface area (Å²) in [6.07, 6.45) is 5.31. The van der Waals surface area contributed by atoms with Gasteiger partial charge in [-0.05, 0) is 59.4 Å². The Kier molecular flexibility index (Phi) is 6.09. The largest absolute Gasteiger partial charge is 0.493 e. The smallest absolute Gasteiger partial charge is 0.307 e. The molecule has 1 aromatic heterocycles. The van der Waals surface area contributed by atoms with E-state index in [2.05, 4.69) is 22.4 Å². The van der Waals surface area contributed by atoms with E-state index in [0.717, 1.165) is 58.8 Å². The number of benzene rings is 2. The van der Waals surface area contributed by atoms with Gasteiger partial charge >= 0.3 is 5.97 Å². The number of nitrogens with one attached hydrogen (secondary N) is 1. The van der Waals surface area contributed by atoms with Crippen LogP contribution in [0, 0.1) is 0 Å². The molecule has 2 N–H and O–H groups in total. The molecule has 0 aliphatic heterocycles. The van der Waals surface area contributed by atoms with Gasteiger partial charge in [-0.2, -0.15) is 0 Å². The molecule has 30 heavy (non-hydrogen) atoms. The third-order valence-corrected chi connectivity index (χ3v) is 5.11. The third kappa shape index (κ3) is 4.69. The molecule has 0 radical (unpaired) electrons. The molecule has 4 rings (SSSR count). The number of pyridine rings is 1. The zero-order valence-corrected chi connectivity index (χ0v) is 16.7. The van der Waals surface area contributed by atoms with Crippen LogP contribution in [0.25, 0.3) is 11.6 Å². The highest BCUT2D eigenvalue weighted by atomic mass is 16.5. The fourth-order valence-corrected chi connectivity index (χ4v) is 3.73. The molecule has 152 valence electrons. The number of fused-ring (bicyclic) bond motifs is 2. The zero-order valence-electron chi connectivity index (χ0n) is 16.7. The lowest BCUT2D eigenvalue weighted by atomic mass is 9.96. The van der Waals surface area contributed by atoms with Crippen molar-refractivity contribution in [1.29, 1.82) is 0 Å². The van der Waals surface area contributed by atoms with Gasteiger partial charge in [-0.3, -0.25) is 4.79 Å². The van der Waals surface area contributed by atoms with E-state index in [4.69, 9.17) is 4.74 Å². The van der Waals surface area contributed by atoms with Gasteiger partial charge in [0.25, 0.3) is 0 Å². The zero-order chi connectivity index (χ0) is 20.8. The van der Waals surface area contributed by atoms with Crippen molar-refractivity contribution in [2.45, 2.75) is 19.3 Å². The Hall–Kier alpha value is -3.60. The van der Waals surface area contributed by atoms with Gasteiger partial charge in [-0.15, -0.1) is 0 Å². The molecular weight excluding hydrogens is 376 g/mol. The molecule has 0 unspecified atom stereocenters. The average Bonchev–Trinajstić information content (AvgIpc) is 2.91. The summed E-state index contributed by atoms with van der Waals surface area (Å²) in [5.74, 6) is 0.810. The number of anilines is 1. The summed E-state index contributed by atoms with van der Waals surface area (Å²) in [5, 5.41) is 12.7. The second-order valence-corrected chi connectivity index (χ2v) is 7.25. The van der Waals surface area contributed by atoms with Gasteiger partial charge in [0, 0.05) is 18.3 Å². The SMILES string of the molecule is O=C(O)CC1=Cc2c(cccc2OCCCNc2ccccn2)Cc2ccccc21. The summed E-state index contributed by atoms with van der Waals surface area (Å²) < 4.78 is 6.10. The van der Waals surface area contributed by atoms with E-state index in [1.165, 1.54) is 0 Å².